The average molecular weight is 1770 g/mol. The fourth-order valence-electron chi connectivity index (χ4n) is 25.1. The quantitative estimate of drug-likeness (QED) is 0.153. The van der Waals surface area contributed by atoms with Crippen molar-refractivity contribution in [1.82, 2.24) is 13.7 Å². The molecule has 2 aliphatic carbocycles. The molecule has 0 saturated heterocycles. The molecular weight excluding hydrogens is 1670 g/mol. The van der Waals surface area contributed by atoms with Crippen molar-refractivity contribution in [2.24, 2.45) is 0 Å². The SMILES string of the molecule is CC(C)(C)c1ccc2c3c4ccc5c6c(ccc(cc3n(-c3ccccc3)c2c1)c46)cc1c5c2ccc(C(C)(C)C)cc2n1-c1ccccc1.CC1(C)c2ccc(-c3ccccc3)cc2-c2c1cc1ccc3cc4c(c5ccc2c1c35)-c1cc(-c2ccccc2)ccc1C4(C)C.CCn1c2ccc(C(C)(C)C)cc2c2c3ccc4c5c(cc6ccc(cc21)c3c64)oc1c(-c2ccccc2)cccc15. The van der Waals surface area contributed by atoms with E-state index in [1.165, 1.54) is 274 Å². The van der Waals surface area contributed by atoms with Crippen LogP contribution in [0.15, 0.2) is 374 Å². The molecule has 4 aromatic heterocycles. The van der Waals surface area contributed by atoms with Gasteiger partial charge in [-0.15, -0.1) is 0 Å². The summed E-state index contributed by atoms with van der Waals surface area (Å²) in [6.45, 7) is 33.5. The summed E-state index contributed by atoms with van der Waals surface area (Å²) in [5.41, 5.74) is 34.7. The Kier molecular flexibility index (Phi) is 17.3. The molecule has 0 N–H and O–H groups in total. The number of aromatic nitrogens is 3. The zero-order valence-corrected chi connectivity index (χ0v) is 80.7. The number of para-hydroxylation sites is 3. The average Bonchev–Trinajstić information content (AvgIpc) is 1.50. The largest absolute Gasteiger partial charge is 0.455 e. The van der Waals surface area contributed by atoms with E-state index < -0.39 is 0 Å². The van der Waals surface area contributed by atoms with Crippen LogP contribution in [0, 0.1) is 0 Å². The van der Waals surface area contributed by atoms with Gasteiger partial charge in [0.2, 0.25) is 0 Å². The summed E-state index contributed by atoms with van der Waals surface area (Å²) in [7, 11) is 0. The minimum atomic E-state index is -0.0671. The molecule has 4 heteroatoms. The molecule has 0 unspecified atom stereocenters. The first kappa shape index (κ1) is 81.9. The van der Waals surface area contributed by atoms with Crippen LogP contribution in [-0.4, -0.2) is 13.7 Å². The highest BCUT2D eigenvalue weighted by atomic mass is 16.3. The summed E-state index contributed by atoms with van der Waals surface area (Å²) in [5.74, 6) is 0. The van der Waals surface area contributed by atoms with Gasteiger partial charge >= 0.3 is 0 Å². The molecule has 0 spiro atoms. The fraction of sp³-hybridized carbons (Fsp3) is 0.149. The Bertz CT molecular complexity index is 9430. The lowest BCUT2D eigenvalue weighted by molar-refractivity contribution is 0.590. The van der Waals surface area contributed by atoms with E-state index >= 15 is 0 Å². The fourth-order valence-corrected chi connectivity index (χ4v) is 25.1. The van der Waals surface area contributed by atoms with E-state index in [4.69, 9.17) is 4.42 Å². The highest BCUT2D eigenvalue weighted by Crippen LogP contribution is 2.60. The molecule has 0 amide bonds. The second-order valence-electron chi connectivity index (χ2n) is 43.6. The number of fused-ring (bicyclic) bond motifs is 24. The molecule has 0 radical (unpaired) electrons. The van der Waals surface area contributed by atoms with Crippen LogP contribution in [-0.2, 0) is 33.6 Å². The maximum atomic E-state index is 6.67. The summed E-state index contributed by atoms with van der Waals surface area (Å²) in [6.07, 6.45) is 0. The highest BCUT2D eigenvalue weighted by Gasteiger charge is 2.41. The Morgan fingerprint density at radius 3 is 1.03 bits per heavy atom. The number of aryl methyl sites for hydroxylation is 1. The van der Waals surface area contributed by atoms with Crippen molar-refractivity contribution in [2.75, 3.05) is 0 Å². The van der Waals surface area contributed by atoms with E-state index in [9.17, 15) is 0 Å². The molecule has 0 fully saturated rings. The zero-order chi connectivity index (χ0) is 93.4. The molecular formula is C134H105N3O. The van der Waals surface area contributed by atoms with E-state index in [1.807, 2.05) is 0 Å². The van der Waals surface area contributed by atoms with Gasteiger partial charge in [0.05, 0.1) is 27.6 Å². The Balaban J connectivity index is 0.000000105. The van der Waals surface area contributed by atoms with Crippen LogP contribution in [0.3, 0.4) is 0 Å². The standard InChI is InChI=1S/C48H40N2.C46H34.C40H31NO/c1-47(2,3)31-19-21-35-39(27-31)49(33-13-9-7-10-14-33)41-25-29-17-18-30-26-42-46(38-24-23-37(45(35)41)43(29)44(30)38)36-22-20-32(48(4,5)6)28-40(36)50(42)34-15-11-8-12-16-34;1-45(2)37-21-17-29(27-11-7-5-8-12-27)23-35(37)43-33-19-20-34-42-32(16-15-31(41(33)42)25-39(43)45)26-40-44(34)36-24-30(28-13-9-6-10-14-28)18-22-38(36)46(40,3)4;1-5-41-32-19-16-26(40(2,3)4)22-31(32)37-28-17-18-29-36-25(15-14-24(35(28)36)20-33(37)41)21-34-38(29)30-13-9-12-27(39(30)42-34)23-10-7-6-8-11-23/h7-28H,1-6H3;5-26H,1-4H3;6-22H,5H2,1-4H3. The van der Waals surface area contributed by atoms with Crippen molar-refractivity contribution in [3.63, 3.8) is 0 Å². The Morgan fingerprint density at radius 2 is 0.594 bits per heavy atom. The van der Waals surface area contributed by atoms with Gasteiger partial charge in [-0.3, -0.25) is 0 Å². The first-order valence-electron chi connectivity index (χ1n) is 49.4. The molecule has 0 atom stereocenters. The molecule has 0 bridgehead atoms. The third-order valence-corrected chi connectivity index (χ3v) is 32.0. The summed E-state index contributed by atoms with van der Waals surface area (Å²) in [5, 5.41) is 34.3. The minimum Gasteiger partial charge on any atom is -0.455 e. The molecule has 27 aromatic rings. The van der Waals surface area contributed by atoms with Crippen LogP contribution >= 0.6 is 0 Å². The Labute approximate surface area is 803 Å². The number of benzene rings is 23. The van der Waals surface area contributed by atoms with Crippen molar-refractivity contribution in [3.8, 4) is 67.0 Å². The number of hydrogen-bond donors (Lipinski definition) is 0. The van der Waals surface area contributed by atoms with Crippen LogP contribution in [0.2, 0.25) is 0 Å². The predicted octanol–water partition coefficient (Wildman–Crippen LogP) is 37.5. The molecule has 4 nitrogen and oxygen atoms in total. The third-order valence-electron chi connectivity index (χ3n) is 32.0. The Hall–Kier alpha value is -15.6. The summed E-state index contributed by atoms with van der Waals surface area (Å²) in [6, 6.07) is 139. The number of rotatable bonds is 6. The van der Waals surface area contributed by atoms with Gasteiger partial charge in [-0.05, 0) is 306 Å². The lowest BCUT2D eigenvalue weighted by atomic mass is 9.79. The van der Waals surface area contributed by atoms with Gasteiger partial charge in [0.15, 0.2) is 0 Å². The van der Waals surface area contributed by atoms with E-state index in [-0.39, 0.29) is 27.1 Å². The topological polar surface area (TPSA) is 27.9 Å². The van der Waals surface area contributed by atoms with Gasteiger partial charge in [0.1, 0.15) is 11.2 Å². The normalized spacial score (nSPS) is 13.7. The van der Waals surface area contributed by atoms with E-state index in [0.717, 1.165) is 23.3 Å². The van der Waals surface area contributed by atoms with Crippen molar-refractivity contribution >= 4 is 184 Å². The number of nitrogens with zero attached hydrogens (tertiary/aromatic N) is 3. The molecule has 23 aromatic carbocycles. The van der Waals surface area contributed by atoms with Crippen molar-refractivity contribution in [2.45, 2.75) is 131 Å². The van der Waals surface area contributed by atoms with Crippen molar-refractivity contribution in [1.29, 1.82) is 0 Å². The van der Waals surface area contributed by atoms with Gasteiger partial charge < -0.3 is 18.1 Å². The maximum absolute atomic E-state index is 6.67. The molecule has 662 valence electrons. The second-order valence-corrected chi connectivity index (χ2v) is 43.6. The van der Waals surface area contributed by atoms with Crippen LogP contribution in [0.25, 0.3) is 251 Å². The molecule has 2 aliphatic rings. The van der Waals surface area contributed by atoms with Crippen molar-refractivity contribution < 1.29 is 4.42 Å². The van der Waals surface area contributed by atoms with E-state index in [2.05, 4.69) is 481 Å². The molecule has 138 heavy (non-hydrogen) atoms. The van der Waals surface area contributed by atoms with Gasteiger partial charge in [-0.2, -0.15) is 0 Å². The van der Waals surface area contributed by atoms with Crippen molar-refractivity contribution in [3.05, 3.63) is 409 Å². The van der Waals surface area contributed by atoms with Crippen LogP contribution < -0.4 is 0 Å². The minimum absolute atomic E-state index is 0.0497. The van der Waals surface area contributed by atoms with Crippen LogP contribution in [0.5, 0.6) is 0 Å². The van der Waals surface area contributed by atoms with E-state index in [0.29, 0.717) is 0 Å². The number of furan rings is 1. The predicted molar refractivity (Wildman–Crippen MR) is 593 cm³/mol. The van der Waals surface area contributed by atoms with Gasteiger partial charge in [0.25, 0.3) is 0 Å². The molecule has 4 heterocycles. The summed E-state index contributed by atoms with van der Waals surface area (Å²) in [4.78, 5) is 0. The highest BCUT2D eigenvalue weighted by molar-refractivity contribution is 6.40. The molecule has 0 aliphatic heterocycles. The van der Waals surface area contributed by atoms with Crippen LogP contribution in [0.1, 0.15) is 136 Å². The smallest absolute Gasteiger partial charge is 0.143 e. The second kappa shape index (κ2) is 29.2. The van der Waals surface area contributed by atoms with Gasteiger partial charge in [-0.25, -0.2) is 0 Å². The van der Waals surface area contributed by atoms with Gasteiger partial charge in [-0.1, -0.05) is 363 Å². The maximum Gasteiger partial charge on any atom is 0.143 e. The third kappa shape index (κ3) is 11.8. The lowest BCUT2D eigenvalue weighted by Crippen LogP contribution is -2.15. The first-order chi connectivity index (χ1) is 66.8. The Morgan fingerprint density at radius 1 is 0.232 bits per heavy atom. The lowest BCUT2D eigenvalue weighted by Gasteiger charge is -2.24. The first-order valence-corrected chi connectivity index (χ1v) is 49.4. The van der Waals surface area contributed by atoms with Crippen LogP contribution in [0.4, 0.5) is 0 Å². The number of hydrogen-bond acceptors (Lipinski definition) is 1. The molecule has 0 saturated carbocycles. The summed E-state index contributed by atoms with van der Waals surface area (Å²) < 4.78 is 14.1. The molecule has 29 rings (SSSR count). The van der Waals surface area contributed by atoms with E-state index in [1.54, 1.807) is 0 Å². The monoisotopic (exact) mass is 1770 g/mol. The van der Waals surface area contributed by atoms with Gasteiger partial charge in [0, 0.05) is 82.9 Å². The summed E-state index contributed by atoms with van der Waals surface area (Å²) >= 11 is 0. The zero-order valence-electron chi connectivity index (χ0n) is 80.7.